The quantitative estimate of drug-likeness (QED) is 0.314. The summed E-state index contributed by atoms with van der Waals surface area (Å²) in [4.78, 5) is 12.1. The molecule has 0 aliphatic carbocycles. The monoisotopic (exact) mass is 379 g/mol. The van der Waals surface area contributed by atoms with Crippen molar-refractivity contribution in [2.45, 2.75) is 72.9 Å². The van der Waals surface area contributed by atoms with Gasteiger partial charge in [-0.1, -0.05) is 52.0 Å². The van der Waals surface area contributed by atoms with Gasteiger partial charge in [0.15, 0.2) is 0 Å². The molecule has 1 rings (SSSR count). The summed E-state index contributed by atoms with van der Waals surface area (Å²) in [5, 5.41) is 0. The van der Waals surface area contributed by atoms with Gasteiger partial charge >= 0.3 is 5.97 Å². The number of carbonyl (C=O) groups excluding carboxylic acids is 1. The van der Waals surface area contributed by atoms with Crippen molar-refractivity contribution in [3.63, 3.8) is 0 Å². The van der Waals surface area contributed by atoms with Crippen molar-refractivity contribution in [1.29, 1.82) is 0 Å². The summed E-state index contributed by atoms with van der Waals surface area (Å²) in [7, 11) is 0.587. The van der Waals surface area contributed by atoms with E-state index < -0.39 is 12.7 Å². The largest absolute Gasteiger partial charge is 0.469 e. The fourth-order valence-corrected chi connectivity index (χ4v) is 9.13. The van der Waals surface area contributed by atoms with Gasteiger partial charge in [-0.05, 0) is 50.2 Å². The fourth-order valence-electron chi connectivity index (χ4n) is 4.15. The minimum atomic E-state index is -0.884. The van der Waals surface area contributed by atoms with E-state index in [1.165, 1.54) is 62.1 Å². The number of hydrogen-bond donors (Lipinski definition) is 0. The standard InChI is InChI=1S/C23H40O2P/c1-8-15-26(16-9-2,17-10-3)18-20-11-13-21(14-12-20)19(4)23(5,6)22(24)25-7/h11-14,19H,8-10,15-18H2,1-7H3/q+1. The number of methoxy groups -OCH3 is 1. The van der Waals surface area contributed by atoms with Crippen LogP contribution in [0.5, 0.6) is 0 Å². The van der Waals surface area contributed by atoms with Crippen molar-refractivity contribution >= 4 is 13.2 Å². The zero-order chi connectivity index (χ0) is 19.8. The van der Waals surface area contributed by atoms with E-state index in [1.807, 2.05) is 13.8 Å². The topological polar surface area (TPSA) is 26.3 Å². The number of carbonyl (C=O) groups is 1. The Bertz CT molecular complexity index is 531. The van der Waals surface area contributed by atoms with Crippen molar-refractivity contribution in [1.82, 2.24) is 0 Å². The minimum Gasteiger partial charge on any atom is -0.469 e. The van der Waals surface area contributed by atoms with E-state index in [9.17, 15) is 4.79 Å². The fraction of sp³-hybridized carbons (Fsp3) is 0.696. The molecule has 0 spiro atoms. The van der Waals surface area contributed by atoms with Crippen LogP contribution in [0.15, 0.2) is 24.3 Å². The van der Waals surface area contributed by atoms with E-state index in [-0.39, 0.29) is 11.9 Å². The third-order valence-corrected chi connectivity index (χ3v) is 11.1. The molecule has 0 N–H and O–H groups in total. The average Bonchev–Trinajstić information content (AvgIpc) is 2.61. The summed E-state index contributed by atoms with van der Waals surface area (Å²) in [6, 6.07) is 9.05. The van der Waals surface area contributed by atoms with Crippen molar-refractivity contribution < 1.29 is 9.53 Å². The van der Waals surface area contributed by atoms with Crippen molar-refractivity contribution in [3.8, 4) is 0 Å². The highest BCUT2D eigenvalue weighted by molar-refractivity contribution is 7.75. The molecule has 0 bridgehead atoms. The smallest absolute Gasteiger partial charge is 0.311 e. The Hall–Kier alpha value is -0.880. The number of benzene rings is 1. The van der Waals surface area contributed by atoms with Gasteiger partial charge < -0.3 is 4.74 Å². The van der Waals surface area contributed by atoms with E-state index in [0.29, 0.717) is 0 Å². The summed E-state index contributed by atoms with van der Waals surface area (Å²) in [5.41, 5.74) is 2.18. The second-order valence-electron chi connectivity index (χ2n) is 8.35. The number of rotatable bonds is 11. The summed E-state index contributed by atoms with van der Waals surface area (Å²) < 4.78 is 4.99. The highest BCUT2D eigenvalue weighted by atomic mass is 31.2. The molecular formula is C23H40O2P+. The predicted molar refractivity (Wildman–Crippen MR) is 117 cm³/mol. The molecule has 0 saturated heterocycles. The Kier molecular flexibility index (Phi) is 9.31. The van der Waals surface area contributed by atoms with E-state index in [0.717, 1.165) is 0 Å². The third-order valence-electron chi connectivity index (χ3n) is 5.89. The minimum absolute atomic E-state index is 0.130. The average molecular weight is 380 g/mol. The molecule has 1 aromatic carbocycles. The highest BCUT2D eigenvalue weighted by Crippen LogP contribution is 2.62. The van der Waals surface area contributed by atoms with Crippen LogP contribution in [0, 0.1) is 5.41 Å². The van der Waals surface area contributed by atoms with Crippen LogP contribution >= 0.6 is 7.26 Å². The SMILES string of the molecule is CCC[P+](CCC)(CCC)Cc1ccc(C(C)C(C)(C)C(=O)OC)cc1. The zero-order valence-corrected chi connectivity index (χ0v) is 19.0. The molecular weight excluding hydrogens is 339 g/mol. The van der Waals surface area contributed by atoms with E-state index >= 15 is 0 Å². The Morgan fingerprint density at radius 3 is 1.85 bits per heavy atom. The van der Waals surface area contributed by atoms with E-state index in [4.69, 9.17) is 4.74 Å². The van der Waals surface area contributed by atoms with Crippen molar-refractivity contribution in [2.75, 3.05) is 25.6 Å². The van der Waals surface area contributed by atoms with Gasteiger partial charge in [-0.15, -0.1) is 0 Å². The molecule has 148 valence electrons. The zero-order valence-electron chi connectivity index (χ0n) is 18.1. The van der Waals surface area contributed by atoms with Crippen LogP contribution in [0.1, 0.15) is 77.8 Å². The molecule has 1 unspecified atom stereocenters. The van der Waals surface area contributed by atoms with Gasteiger partial charge in [0.1, 0.15) is 0 Å². The first-order valence-electron chi connectivity index (χ1n) is 10.3. The van der Waals surface area contributed by atoms with Gasteiger partial charge in [0.2, 0.25) is 0 Å². The molecule has 0 amide bonds. The van der Waals surface area contributed by atoms with Crippen LogP contribution in [-0.4, -0.2) is 31.6 Å². The maximum Gasteiger partial charge on any atom is 0.311 e. The predicted octanol–water partition coefficient (Wildman–Crippen LogP) is 6.74. The Balaban J connectivity index is 2.99. The molecule has 0 aliphatic heterocycles. The Morgan fingerprint density at radius 2 is 1.46 bits per heavy atom. The van der Waals surface area contributed by atoms with Crippen molar-refractivity contribution in [2.24, 2.45) is 5.41 Å². The van der Waals surface area contributed by atoms with Crippen LogP contribution in [0.25, 0.3) is 0 Å². The number of hydrogen-bond acceptors (Lipinski definition) is 2. The maximum atomic E-state index is 12.1. The first-order chi connectivity index (χ1) is 12.3. The molecule has 0 aromatic heterocycles. The molecule has 0 aliphatic rings. The van der Waals surface area contributed by atoms with Crippen LogP contribution in [0.2, 0.25) is 0 Å². The van der Waals surface area contributed by atoms with Crippen LogP contribution in [0.4, 0.5) is 0 Å². The van der Waals surface area contributed by atoms with Gasteiger partial charge in [0.05, 0.1) is 37.2 Å². The summed E-state index contributed by atoms with van der Waals surface area (Å²) in [6.07, 6.45) is 9.44. The van der Waals surface area contributed by atoms with Gasteiger partial charge in [-0.3, -0.25) is 4.79 Å². The lowest BCUT2D eigenvalue weighted by molar-refractivity contribution is -0.151. The Labute approximate surface area is 162 Å². The van der Waals surface area contributed by atoms with Crippen LogP contribution in [-0.2, 0) is 15.7 Å². The van der Waals surface area contributed by atoms with Crippen LogP contribution < -0.4 is 0 Å². The lowest BCUT2D eigenvalue weighted by atomic mass is 9.76. The van der Waals surface area contributed by atoms with Gasteiger partial charge in [0, 0.05) is 7.26 Å². The first-order valence-corrected chi connectivity index (χ1v) is 12.8. The van der Waals surface area contributed by atoms with Gasteiger partial charge in [-0.25, -0.2) is 0 Å². The molecule has 0 heterocycles. The molecule has 1 aromatic rings. The molecule has 0 radical (unpaired) electrons. The molecule has 2 nitrogen and oxygen atoms in total. The second-order valence-corrected chi connectivity index (χ2v) is 12.7. The summed E-state index contributed by atoms with van der Waals surface area (Å²) >= 11 is 0. The normalized spacial score (nSPS) is 13.5. The third kappa shape index (κ3) is 5.81. The van der Waals surface area contributed by atoms with Gasteiger partial charge in [-0.2, -0.15) is 0 Å². The lowest BCUT2D eigenvalue weighted by Gasteiger charge is -2.30. The van der Waals surface area contributed by atoms with Gasteiger partial charge in [0.25, 0.3) is 0 Å². The molecule has 0 fully saturated rings. The molecule has 26 heavy (non-hydrogen) atoms. The van der Waals surface area contributed by atoms with E-state index in [2.05, 4.69) is 52.0 Å². The summed E-state index contributed by atoms with van der Waals surface area (Å²) in [5.74, 6) is -0.0154. The molecule has 3 heteroatoms. The van der Waals surface area contributed by atoms with E-state index in [1.54, 1.807) is 0 Å². The molecule has 1 atom stereocenters. The maximum absolute atomic E-state index is 12.1. The van der Waals surface area contributed by atoms with Crippen molar-refractivity contribution in [3.05, 3.63) is 35.4 Å². The molecule has 0 saturated carbocycles. The lowest BCUT2D eigenvalue weighted by Crippen LogP contribution is -2.31. The van der Waals surface area contributed by atoms with Crippen LogP contribution in [0.3, 0.4) is 0 Å². The summed E-state index contributed by atoms with van der Waals surface area (Å²) in [6.45, 7) is 13.1. The first kappa shape index (κ1) is 23.2. The number of ether oxygens (including phenoxy) is 1. The second kappa shape index (κ2) is 10.5. The highest BCUT2D eigenvalue weighted by Gasteiger charge is 2.37. The number of esters is 1. The Morgan fingerprint density at radius 1 is 1.00 bits per heavy atom.